The maximum atomic E-state index is 12.5. The molecule has 0 aromatic carbocycles. The molecule has 0 aromatic heterocycles. The standard InChI is InChI=1S/C17H32N2O.C16H30N2O.C2H6/c1-5-19(6-2)14-13-18-16(20)17(4)11-8-7-9-15(3)10-12-17;1-14-8-6-7-10-16(2,11-9-14)15(19)17-12-13-18(3,4)5;1-2/h7,9,15H,5-6,8,10-14H2,1-4H3,(H,18,20);6,8,14H,7,9-13H2,1-5H3;1-2H3/p+1/b9-7+;8-6+;. The third-order valence-corrected chi connectivity index (χ3v) is 8.73. The van der Waals surface area contributed by atoms with Crippen molar-refractivity contribution in [2.45, 2.75) is 107 Å². The molecule has 2 aliphatic carbocycles. The van der Waals surface area contributed by atoms with Crippen molar-refractivity contribution in [3.8, 4) is 0 Å². The lowest BCUT2D eigenvalue weighted by Crippen LogP contribution is -2.46. The predicted octanol–water partition coefficient (Wildman–Crippen LogP) is 6.82. The van der Waals surface area contributed by atoms with Gasteiger partial charge in [0.15, 0.2) is 0 Å². The maximum Gasteiger partial charge on any atom is 0.226 e. The summed E-state index contributed by atoms with van der Waals surface area (Å²) in [7, 11) is 6.45. The minimum Gasteiger partial charge on any atom is -0.354 e. The summed E-state index contributed by atoms with van der Waals surface area (Å²) in [6.07, 6.45) is 17.2. The molecule has 0 saturated carbocycles. The van der Waals surface area contributed by atoms with E-state index in [4.69, 9.17) is 0 Å². The van der Waals surface area contributed by atoms with Gasteiger partial charge in [0.1, 0.15) is 0 Å². The van der Waals surface area contributed by atoms with Gasteiger partial charge in [-0.15, -0.1) is 0 Å². The van der Waals surface area contributed by atoms with Crippen LogP contribution in [-0.2, 0) is 9.59 Å². The lowest BCUT2D eigenvalue weighted by atomic mass is 9.77. The van der Waals surface area contributed by atoms with Crippen LogP contribution in [0, 0.1) is 22.7 Å². The number of nitrogens with one attached hydrogen (secondary N) is 2. The van der Waals surface area contributed by atoms with Gasteiger partial charge in [-0.05, 0) is 76.3 Å². The zero-order valence-corrected chi connectivity index (χ0v) is 29.1. The summed E-state index contributed by atoms with van der Waals surface area (Å²) in [5.74, 6) is 1.67. The van der Waals surface area contributed by atoms with Gasteiger partial charge >= 0.3 is 0 Å². The van der Waals surface area contributed by atoms with E-state index in [1.54, 1.807) is 0 Å². The molecular formula is C35H69N4O2+. The van der Waals surface area contributed by atoms with Crippen LogP contribution in [-0.4, -0.2) is 81.6 Å². The van der Waals surface area contributed by atoms with Crippen LogP contribution in [0.25, 0.3) is 0 Å². The summed E-state index contributed by atoms with van der Waals surface area (Å²) < 4.78 is 0.886. The Balaban J connectivity index is 0.000000737. The predicted molar refractivity (Wildman–Crippen MR) is 178 cm³/mol. The summed E-state index contributed by atoms with van der Waals surface area (Å²) in [4.78, 5) is 27.3. The van der Waals surface area contributed by atoms with Crippen molar-refractivity contribution in [3.63, 3.8) is 0 Å². The topological polar surface area (TPSA) is 61.4 Å². The molecule has 4 unspecified atom stereocenters. The second-order valence-corrected chi connectivity index (χ2v) is 13.6. The molecule has 6 nitrogen and oxygen atoms in total. The monoisotopic (exact) mass is 578 g/mol. The van der Waals surface area contributed by atoms with Crippen molar-refractivity contribution >= 4 is 11.8 Å². The maximum absolute atomic E-state index is 12.5. The van der Waals surface area contributed by atoms with Crippen LogP contribution in [0.2, 0.25) is 0 Å². The second-order valence-electron chi connectivity index (χ2n) is 13.6. The van der Waals surface area contributed by atoms with Crippen LogP contribution in [0.1, 0.15) is 107 Å². The highest BCUT2D eigenvalue weighted by Gasteiger charge is 2.34. The zero-order valence-electron chi connectivity index (χ0n) is 29.1. The van der Waals surface area contributed by atoms with E-state index in [0.717, 1.165) is 95.1 Å². The number of amides is 2. The summed E-state index contributed by atoms with van der Waals surface area (Å²) in [5.41, 5.74) is -0.383. The summed E-state index contributed by atoms with van der Waals surface area (Å²) >= 11 is 0. The summed E-state index contributed by atoms with van der Waals surface area (Å²) in [6.45, 7) is 22.6. The summed E-state index contributed by atoms with van der Waals surface area (Å²) in [5, 5.41) is 6.28. The molecular weight excluding hydrogens is 508 g/mol. The molecule has 2 aliphatic rings. The molecule has 0 radical (unpaired) electrons. The third-order valence-electron chi connectivity index (χ3n) is 8.73. The second kappa shape index (κ2) is 20.3. The molecule has 41 heavy (non-hydrogen) atoms. The molecule has 0 saturated heterocycles. The van der Waals surface area contributed by atoms with E-state index in [-0.39, 0.29) is 22.6 Å². The van der Waals surface area contributed by atoms with Crippen LogP contribution >= 0.6 is 0 Å². The van der Waals surface area contributed by atoms with E-state index in [2.05, 4.69) is 103 Å². The highest BCUT2D eigenvalue weighted by Crippen LogP contribution is 2.34. The SMILES string of the molecule is CC.CC1/C=C/CCC(C)(C(=O)NCC[N+](C)(C)C)CC1.CCN(CC)CCNC(=O)C1(C)CC/C=C/C(C)CC1. The van der Waals surface area contributed by atoms with Crippen molar-refractivity contribution in [2.24, 2.45) is 22.7 Å². The normalized spacial score (nSPS) is 28.2. The highest BCUT2D eigenvalue weighted by molar-refractivity contribution is 5.82. The van der Waals surface area contributed by atoms with E-state index in [1.165, 1.54) is 0 Å². The quantitative estimate of drug-likeness (QED) is 0.221. The lowest BCUT2D eigenvalue weighted by molar-refractivity contribution is -0.869. The van der Waals surface area contributed by atoms with E-state index in [1.807, 2.05) is 13.8 Å². The molecule has 0 aromatic rings. The van der Waals surface area contributed by atoms with Crippen molar-refractivity contribution in [2.75, 3.05) is 60.4 Å². The van der Waals surface area contributed by atoms with E-state index in [0.29, 0.717) is 11.8 Å². The largest absolute Gasteiger partial charge is 0.354 e. The number of quaternary nitrogens is 1. The number of rotatable bonds is 10. The molecule has 2 N–H and O–H groups in total. The molecule has 240 valence electrons. The first kappa shape index (κ1) is 39.3. The van der Waals surface area contributed by atoms with Crippen molar-refractivity contribution in [1.82, 2.24) is 15.5 Å². The van der Waals surface area contributed by atoms with Gasteiger partial charge in [-0.3, -0.25) is 9.59 Å². The van der Waals surface area contributed by atoms with Crippen molar-refractivity contribution in [3.05, 3.63) is 24.3 Å². The third kappa shape index (κ3) is 16.5. The number of hydrogen-bond acceptors (Lipinski definition) is 3. The molecule has 0 spiro atoms. The van der Waals surface area contributed by atoms with E-state index in [9.17, 15) is 9.59 Å². The zero-order chi connectivity index (χ0) is 31.5. The van der Waals surface area contributed by atoms with Gasteiger partial charge in [-0.25, -0.2) is 0 Å². The van der Waals surface area contributed by atoms with Gasteiger partial charge in [0.05, 0.1) is 34.2 Å². The Morgan fingerprint density at radius 2 is 1.20 bits per heavy atom. The summed E-state index contributed by atoms with van der Waals surface area (Å²) in [6, 6.07) is 0. The minimum absolute atomic E-state index is 0.191. The minimum atomic E-state index is -0.192. The van der Waals surface area contributed by atoms with Crippen LogP contribution in [0.5, 0.6) is 0 Å². The number of carbonyl (C=O) groups is 2. The van der Waals surface area contributed by atoms with E-state index < -0.39 is 0 Å². The first-order valence-corrected chi connectivity index (χ1v) is 16.7. The molecule has 0 aliphatic heterocycles. The fraction of sp³-hybridized carbons (Fsp3) is 0.829. The van der Waals surface area contributed by atoms with Crippen molar-refractivity contribution < 1.29 is 14.1 Å². The number of carbonyl (C=O) groups excluding carboxylic acids is 2. The number of allylic oxidation sites excluding steroid dienone is 4. The number of hydrogen-bond donors (Lipinski definition) is 2. The van der Waals surface area contributed by atoms with Crippen LogP contribution in [0.15, 0.2) is 24.3 Å². The molecule has 2 amide bonds. The Hall–Kier alpha value is -1.66. The van der Waals surface area contributed by atoms with Gasteiger partial charge in [-0.2, -0.15) is 0 Å². The lowest BCUT2D eigenvalue weighted by Gasteiger charge is -2.31. The van der Waals surface area contributed by atoms with Gasteiger partial charge in [0.25, 0.3) is 0 Å². The van der Waals surface area contributed by atoms with Crippen LogP contribution < -0.4 is 10.6 Å². The average Bonchev–Trinajstić information content (AvgIpc) is 2.92. The van der Waals surface area contributed by atoms with Gasteiger partial charge in [0.2, 0.25) is 11.8 Å². The molecule has 0 bridgehead atoms. The Labute approximate surface area is 255 Å². The smallest absolute Gasteiger partial charge is 0.226 e. The molecule has 0 fully saturated rings. The molecule has 0 heterocycles. The van der Waals surface area contributed by atoms with E-state index >= 15 is 0 Å². The Morgan fingerprint density at radius 3 is 1.59 bits per heavy atom. The number of nitrogens with zero attached hydrogens (tertiary/aromatic N) is 2. The fourth-order valence-electron chi connectivity index (χ4n) is 5.25. The van der Waals surface area contributed by atoms with Crippen LogP contribution in [0.3, 0.4) is 0 Å². The van der Waals surface area contributed by atoms with Crippen molar-refractivity contribution in [1.29, 1.82) is 0 Å². The highest BCUT2D eigenvalue weighted by atomic mass is 16.2. The van der Waals surface area contributed by atoms with Gasteiger partial charge < -0.3 is 20.0 Å². The fourth-order valence-corrected chi connectivity index (χ4v) is 5.25. The molecule has 6 heteroatoms. The average molecular weight is 578 g/mol. The van der Waals surface area contributed by atoms with Gasteiger partial charge in [0, 0.05) is 23.9 Å². The Bertz CT molecular complexity index is 784. The van der Waals surface area contributed by atoms with Gasteiger partial charge in [-0.1, -0.05) is 79.7 Å². The first-order valence-electron chi connectivity index (χ1n) is 16.7. The molecule has 2 rings (SSSR count). The Morgan fingerprint density at radius 1 is 0.780 bits per heavy atom. The molecule has 4 atom stereocenters. The number of likely N-dealkylation sites (N-methyl/N-ethyl adjacent to an activating group) is 2. The van der Waals surface area contributed by atoms with Crippen LogP contribution in [0.4, 0.5) is 0 Å². The first-order chi connectivity index (χ1) is 19.2. The Kier molecular flexibility index (Phi) is 19.5.